The molecule has 2 aromatic rings. The summed E-state index contributed by atoms with van der Waals surface area (Å²) in [6.07, 6.45) is 0. The molecule has 1 unspecified atom stereocenters. The molecule has 0 spiro atoms. The summed E-state index contributed by atoms with van der Waals surface area (Å²) in [5.74, 6) is -0.969. The maximum atomic E-state index is 12.5. The third-order valence-corrected chi connectivity index (χ3v) is 6.19. The standard InChI is InChI=1S/C16H17ClN3O8P/c1-10(29(25,26-2)27-3)18-13-9-12(5-6-14(13)19(21)22)28-16-7-4-11(17)8-15(16)20(23)24/h4-10,18H,1-3H3. The summed E-state index contributed by atoms with van der Waals surface area (Å²) in [5, 5.41) is 25.4. The number of nitro benzene ring substituents is 2. The summed E-state index contributed by atoms with van der Waals surface area (Å²) in [7, 11) is -1.19. The predicted octanol–water partition coefficient (Wildman–Crippen LogP) is 5.19. The van der Waals surface area contributed by atoms with Crippen LogP contribution in [0.2, 0.25) is 5.02 Å². The number of rotatable bonds is 9. The first-order valence-electron chi connectivity index (χ1n) is 7.99. The van der Waals surface area contributed by atoms with Crippen LogP contribution in [0.15, 0.2) is 36.4 Å². The maximum absolute atomic E-state index is 12.5. The Labute approximate surface area is 170 Å². The van der Waals surface area contributed by atoms with Crippen LogP contribution in [0.5, 0.6) is 11.5 Å². The summed E-state index contributed by atoms with van der Waals surface area (Å²) in [5.41, 5.74) is -0.735. The molecule has 0 saturated heterocycles. The number of nitro groups is 2. The Bertz CT molecular complexity index is 979. The van der Waals surface area contributed by atoms with Gasteiger partial charge in [0.05, 0.1) is 9.85 Å². The topological polar surface area (TPSA) is 143 Å². The SMILES string of the molecule is COP(=O)(OC)C(C)Nc1cc(Oc2ccc(Cl)cc2[N+](=O)[O-])ccc1[N+](=O)[O-]. The second kappa shape index (κ2) is 9.19. The molecule has 0 radical (unpaired) electrons. The minimum atomic E-state index is -3.57. The van der Waals surface area contributed by atoms with Crippen LogP contribution in [0.3, 0.4) is 0 Å². The van der Waals surface area contributed by atoms with Gasteiger partial charge < -0.3 is 19.1 Å². The van der Waals surface area contributed by atoms with Gasteiger partial charge in [-0.3, -0.25) is 24.8 Å². The van der Waals surface area contributed by atoms with E-state index in [0.29, 0.717) is 0 Å². The Hall–Kier alpha value is -2.72. The first-order valence-corrected chi connectivity index (χ1v) is 9.98. The highest BCUT2D eigenvalue weighted by Gasteiger charge is 2.32. The van der Waals surface area contributed by atoms with Crippen molar-refractivity contribution in [2.45, 2.75) is 12.7 Å². The normalized spacial score (nSPS) is 12.3. The Morgan fingerprint density at radius 2 is 1.66 bits per heavy atom. The van der Waals surface area contributed by atoms with E-state index in [1.54, 1.807) is 0 Å². The average Bonchev–Trinajstić information content (AvgIpc) is 2.68. The predicted molar refractivity (Wildman–Crippen MR) is 106 cm³/mol. The van der Waals surface area contributed by atoms with E-state index in [4.69, 9.17) is 25.4 Å². The van der Waals surface area contributed by atoms with Crippen molar-refractivity contribution in [2.75, 3.05) is 19.5 Å². The number of halogens is 1. The lowest BCUT2D eigenvalue weighted by Crippen LogP contribution is -2.18. The van der Waals surface area contributed by atoms with Crippen molar-refractivity contribution >= 4 is 36.3 Å². The van der Waals surface area contributed by atoms with Gasteiger partial charge in [-0.25, -0.2) is 0 Å². The minimum absolute atomic E-state index is 0.0362. The zero-order valence-corrected chi connectivity index (χ0v) is 17.2. The molecule has 11 nitrogen and oxygen atoms in total. The Balaban J connectivity index is 2.42. The lowest BCUT2D eigenvalue weighted by Gasteiger charge is -2.22. The van der Waals surface area contributed by atoms with E-state index in [2.05, 4.69) is 5.32 Å². The van der Waals surface area contributed by atoms with Gasteiger partial charge in [-0.05, 0) is 25.1 Å². The number of hydrogen-bond donors (Lipinski definition) is 1. The zero-order valence-electron chi connectivity index (χ0n) is 15.5. The van der Waals surface area contributed by atoms with Crippen molar-refractivity contribution in [2.24, 2.45) is 0 Å². The largest absolute Gasteiger partial charge is 0.450 e. The van der Waals surface area contributed by atoms with Crippen LogP contribution in [-0.2, 0) is 13.6 Å². The quantitative estimate of drug-likeness (QED) is 0.313. The molecular weight excluding hydrogens is 429 g/mol. The summed E-state index contributed by atoms with van der Waals surface area (Å²) >= 11 is 5.78. The molecule has 29 heavy (non-hydrogen) atoms. The number of nitrogens with zero attached hydrogens (tertiary/aromatic N) is 2. The Kier molecular flexibility index (Phi) is 7.15. The minimum Gasteiger partial charge on any atom is -0.450 e. The molecule has 0 heterocycles. The van der Waals surface area contributed by atoms with E-state index in [9.17, 15) is 24.8 Å². The molecule has 0 aliphatic rings. The lowest BCUT2D eigenvalue weighted by molar-refractivity contribution is -0.385. The first-order chi connectivity index (χ1) is 13.6. The molecule has 1 N–H and O–H groups in total. The number of hydrogen-bond acceptors (Lipinski definition) is 9. The third-order valence-electron chi connectivity index (χ3n) is 3.86. The number of benzene rings is 2. The smallest absolute Gasteiger partial charge is 0.351 e. The monoisotopic (exact) mass is 445 g/mol. The molecule has 0 saturated carbocycles. The second-order valence-electron chi connectivity index (χ2n) is 5.63. The highest BCUT2D eigenvalue weighted by atomic mass is 35.5. The van der Waals surface area contributed by atoms with Crippen molar-refractivity contribution in [3.63, 3.8) is 0 Å². The van der Waals surface area contributed by atoms with Gasteiger partial charge in [0.2, 0.25) is 5.75 Å². The van der Waals surface area contributed by atoms with Crippen LogP contribution >= 0.6 is 19.2 Å². The Morgan fingerprint density at radius 3 is 2.21 bits per heavy atom. The summed E-state index contributed by atoms with van der Waals surface area (Å²) < 4.78 is 27.8. The molecule has 0 bridgehead atoms. The van der Waals surface area contributed by atoms with Gasteiger partial charge in [0, 0.05) is 37.4 Å². The second-order valence-corrected chi connectivity index (χ2v) is 8.65. The molecule has 156 valence electrons. The van der Waals surface area contributed by atoms with Gasteiger partial charge in [-0.1, -0.05) is 11.6 Å². The molecular formula is C16H17ClN3O8P. The Morgan fingerprint density at radius 1 is 1.03 bits per heavy atom. The molecule has 13 heteroatoms. The van der Waals surface area contributed by atoms with Crippen LogP contribution in [0, 0.1) is 20.2 Å². The molecule has 2 aromatic carbocycles. The van der Waals surface area contributed by atoms with Gasteiger partial charge in [0.15, 0.2) is 0 Å². The fourth-order valence-corrected chi connectivity index (χ4v) is 3.64. The number of ether oxygens (including phenoxy) is 1. The van der Waals surface area contributed by atoms with Crippen LogP contribution in [0.25, 0.3) is 0 Å². The van der Waals surface area contributed by atoms with E-state index < -0.39 is 23.2 Å². The highest BCUT2D eigenvalue weighted by molar-refractivity contribution is 7.54. The average molecular weight is 446 g/mol. The van der Waals surface area contributed by atoms with Gasteiger partial charge in [-0.2, -0.15) is 0 Å². The molecule has 0 aromatic heterocycles. The number of anilines is 1. The molecule has 0 fully saturated rings. The molecule has 1 atom stereocenters. The highest BCUT2D eigenvalue weighted by Crippen LogP contribution is 2.52. The van der Waals surface area contributed by atoms with E-state index >= 15 is 0 Å². The van der Waals surface area contributed by atoms with Crippen molar-refractivity contribution in [3.05, 3.63) is 61.6 Å². The van der Waals surface area contributed by atoms with Crippen molar-refractivity contribution in [1.29, 1.82) is 0 Å². The summed E-state index contributed by atoms with van der Waals surface area (Å²) in [6, 6.07) is 7.51. The fourth-order valence-electron chi connectivity index (χ4n) is 2.39. The third kappa shape index (κ3) is 5.21. The van der Waals surface area contributed by atoms with Crippen LogP contribution in [0.1, 0.15) is 6.92 Å². The van der Waals surface area contributed by atoms with Crippen LogP contribution in [0.4, 0.5) is 17.1 Å². The summed E-state index contributed by atoms with van der Waals surface area (Å²) in [4.78, 5) is 21.2. The van der Waals surface area contributed by atoms with Crippen molar-refractivity contribution in [3.8, 4) is 11.5 Å². The van der Waals surface area contributed by atoms with Crippen LogP contribution in [-0.4, -0.2) is 29.8 Å². The van der Waals surface area contributed by atoms with E-state index in [0.717, 1.165) is 12.1 Å². The van der Waals surface area contributed by atoms with Gasteiger partial charge in [0.25, 0.3) is 5.69 Å². The van der Waals surface area contributed by atoms with E-state index in [1.807, 2.05) is 0 Å². The number of nitrogens with one attached hydrogen (secondary N) is 1. The van der Waals surface area contributed by atoms with Crippen molar-refractivity contribution < 1.29 is 28.2 Å². The molecule has 0 aliphatic heterocycles. The van der Waals surface area contributed by atoms with Crippen molar-refractivity contribution in [1.82, 2.24) is 0 Å². The molecule has 0 amide bonds. The van der Waals surface area contributed by atoms with E-state index in [-0.39, 0.29) is 33.6 Å². The first kappa shape index (κ1) is 22.6. The van der Waals surface area contributed by atoms with Gasteiger partial charge >= 0.3 is 13.3 Å². The lowest BCUT2D eigenvalue weighted by atomic mass is 10.2. The summed E-state index contributed by atoms with van der Waals surface area (Å²) in [6.45, 7) is 1.47. The maximum Gasteiger partial charge on any atom is 0.351 e. The van der Waals surface area contributed by atoms with Gasteiger partial charge in [0.1, 0.15) is 17.2 Å². The van der Waals surface area contributed by atoms with E-state index in [1.165, 1.54) is 45.4 Å². The molecule has 0 aliphatic carbocycles. The van der Waals surface area contributed by atoms with Gasteiger partial charge in [-0.15, -0.1) is 0 Å². The molecule has 2 rings (SSSR count). The zero-order chi connectivity index (χ0) is 21.8. The van der Waals surface area contributed by atoms with Crippen LogP contribution < -0.4 is 10.1 Å². The fraction of sp³-hybridized carbons (Fsp3) is 0.250.